The molecule has 4 heteroatoms. The minimum atomic E-state index is -0.409. The van der Waals surface area contributed by atoms with Crippen LogP contribution in [0.5, 0.6) is 0 Å². The van der Waals surface area contributed by atoms with Crippen molar-refractivity contribution in [1.29, 1.82) is 0 Å². The molecule has 0 aromatic carbocycles. The smallest absolute Gasteiger partial charge is 0.407 e. The first kappa shape index (κ1) is 13.7. The highest BCUT2D eigenvalue weighted by molar-refractivity contribution is 5.67. The van der Waals surface area contributed by atoms with Gasteiger partial charge in [0.05, 0.1) is 0 Å². The third-order valence-corrected chi connectivity index (χ3v) is 3.85. The molecule has 0 aromatic heterocycles. The molecule has 1 saturated heterocycles. The molecule has 1 amide bonds. The fourth-order valence-electron chi connectivity index (χ4n) is 2.79. The maximum absolute atomic E-state index is 11.6. The van der Waals surface area contributed by atoms with Crippen LogP contribution in [0.15, 0.2) is 0 Å². The van der Waals surface area contributed by atoms with Gasteiger partial charge in [-0.05, 0) is 53.0 Å². The lowest BCUT2D eigenvalue weighted by molar-refractivity contribution is 0.0493. The number of carbonyl (C=O) groups is 1. The normalized spacial score (nSPS) is 25.8. The average molecular weight is 254 g/mol. The van der Waals surface area contributed by atoms with Crippen molar-refractivity contribution in [2.45, 2.75) is 70.6 Å². The number of amides is 1. The predicted molar refractivity (Wildman–Crippen MR) is 71.6 cm³/mol. The summed E-state index contributed by atoms with van der Waals surface area (Å²) in [6, 6.07) is 1.29. The van der Waals surface area contributed by atoms with Crippen molar-refractivity contribution in [2.24, 2.45) is 0 Å². The molecule has 0 spiro atoms. The average Bonchev–Trinajstić information content (AvgIpc) is 2.57. The Labute approximate surface area is 110 Å². The highest BCUT2D eigenvalue weighted by atomic mass is 16.6. The van der Waals surface area contributed by atoms with Gasteiger partial charge in [-0.3, -0.25) is 4.90 Å². The molecule has 1 aliphatic heterocycles. The number of hydrogen-bond acceptors (Lipinski definition) is 3. The van der Waals surface area contributed by atoms with Gasteiger partial charge in [-0.1, -0.05) is 6.42 Å². The van der Waals surface area contributed by atoms with E-state index in [1.807, 2.05) is 20.8 Å². The lowest BCUT2D eigenvalue weighted by atomic mass is 9.91. The maximum atomic E-state index is 11.6. The first-order valence-corrected chi connectivity index (χ1v) is 7.18. The summed E-state index contributed by atoms with van der Waals surface area (Å²) < 4.78 is 5.26. The molecule has 2 fully saturated rings. The molecule has 2 aliphatic rings. The lowest BCUT2D eigenvalue weighted by Crippen LogP contribution is -2.48. The van der Waals surface area contributed by atoms with Crippen LogP contribution in [0, 0.1) is 0 Å². The second-order valence-electron chi connectivity index (χ2n) is 6.50. The van der Waals surface area contributed by atoms with E-state index >= 15 is 0 Å². The Bertz CT molecular complexity index is 295. The van der Waals surface area contributed by atoms with Crippen LogP contribution in [0.4, 0.5) is 4.79 Å². The lowest BCUT2D eigenvalue weighted by Gasteiger charge is -2.38. The van der Waals surface area contributed by atoms with Crippen LogP contribution in [0.25, 0.3) is 0 Å². The molecule has 104 valence electrons. The van der Waals surface area contributed by atoms with Crippen molar-refractivity contribution < 1.29 is 9.53 Å². The highest BCUT2D eigenvalue weighted by Gasteiger charge is 2.33. The quantitative estimate of drug-likeness (QED) is 0.841. The Hall–Kier alpha value is -0.770. The number of hydrogen-bond donors (Lipinski definition) is 1. The molecular formula is C14H26N2O2. The minimum Gasteiger partial charge on any atom is -0.444 e. The van der Waals surface area contributed by atoms with Crippen LogP contribution in [0.1, 0.15) is 52.9 Å². The van der Waals surface area contributed by atoms with E-state index in [1.54, 1.807) is 0 Å². The molecule has 1 saturated carbocycles. The summed E-state index contributed by atoms with van der Waals surface area (Å²) in [5.41, 5.74) is -0.409. The number of nitrogens with zero attached hydrogens (tertiary/aromatic N) is 1. The number of alkyl carbamates (subject to hydrolysis) is 1. The fraction of sp³-hybridized carbons (Fsp3) is 0.929. The third-order valence-electron chi connectivity index (χ3n) is 3.85. The maximum Gasteiger partial charge on any atom is 0.407 e. The molecule has 0 radical (unpaired) electrons. The molecule has 1 N–H and O–H groups in total. The van der Waals surface area contributed by atoms with Crippen molar-refractivity contribution in [2.75, 3.05) is 13.1 Å². The Morgan fingerprint density at radius 2 is 2.00 bits per heavy atom. The summed E-state index contributed by atoms with van der Waals surface area (Å²) in [4.78, 5) is 14.2. The summed E-state index contributed by atoms with van der Waals surface area (Å²) in [7, 11) is 0. The summed E-state index contributed by atoms with van der Waals surface area (Å²) in [6.45, 7) is 7.60. The van der Waals surface area contributed by atoms with E-state index in [-0.39, 0.29) is 6.09 Å². The molecule has 18 heavy (non-hydrogen) atoms. The topological polar surface area (TPSA) is 41.6 Å². The molecule has 0 bridgehead atoms. The fourth-order valence-corrected chi connectivity index (χ4v) is 2.79. The van der Waals surface area contributed by atoms with Gasteiger partial charge in [-0.15, -0.1) is 0 Å². The highest BCUT2D eigenvalue weighted by Crippen LogP contribution is 2.30. The van der Waals surface area contributed by atoms with Gasteiger partial charge in [0.2, 0.25) is 0 Å². The largest absolute Gasteiger partial charge is 0.444 e. The molecule has 1 atom stereocenters. The standard InChI is InChI=1S/C14H26N2O2/c1-14(2,3)18-13(17)15-10-12-8-5-9-16(12)11-6-4-7-11/h11-12H,4-10H2,1-3H3,(H,15,17)/t12-/m0/s1. The van der Waals surface area contributed by atoms with E-state index in [2.05, 4.69) is 10.2 Å². The molecule has 0 aromatic rings. The van der Waals surface area contributed by atoms with E-state index in [4.69, 9.17) is 4.74 Å². The van der Waals surface area contributed by atoms with Crippen LogP contribution in [-0.4, -0.2) is 41.8 Å². The third kappa shape index (κ3) is 3.61. The number of nitrogens with one attached hydrogen (secondary N) is 1. The van der Waals surface area contributed by atoms with E-state index in [0.29, 0.717) is 6.04 Å². The number of likely N-dealkylation sites (tertiary alicyclic amines) is 1. The molecule has 0 unspecified atom stereocenters. The van der Waals surface area contributed by atoms with Gasteiger partial charge in [0.25, 0.3) is 0 Å². The number of ether oxygens (including phenoxy) is 1. The second-order valence-corrected chi connectivity index (χ2v) is 6.50. The van der Waals surface area contributed by atoms with Crippen molar-refractivity contribution >= 4 is 6.09 Å². The first-order valence-electron chi connectivity index (χ1n) is 7.18. The number of rotatable bonds is 3. The Morgan fingerprint density at radius 3 is 2.56 bits per heavy atom. The van der Waals surface area contributed by atoms with E-state index in [0.717, 1.165) is 12.6 Å². The van der Waals surface area contributed by atoms with Crippen LogP contribution < -0.4 is 5.32 Å². The molecular weight excluding hydrogens is 228 g/mol. The van der Waals surface area contributed by atoms with Crippen molar-refractivity contribution in [3.05, 3.63) is 0 Å². The predicted octanol–water partition coefficient (Wildman–Crippen LogP) is 2.53. The zero-order valence-corrected chi connectivity index (χ0v) is 11.9. The summed E-state index contributed by atoms with van der Waals surface area (Å²) in [5, 5.41) is 2.91. The van der Waals surface area contributed by atoms with Gasteiger partial charge >= 0.3 is 6.09 Å². The van der Waals surface area contributed by atoms with Gasteiger partial charge in [0.1, 0.15) is 5.60 Å². The van der Waals surface area contributed by atoms with Crippen molar-refractivity contribution in [3.8, 4) is 0 Å². The summed E-state index contributed by atoms with van der Waals surface area (Å²) >= 11 is 0. The second kappa shape index (κ2) is 5.47. The molecule has 1 heterocycles. The first-order chi connectivity index (χ1) is 8.46. The van der Waals surface area contributed by atoms with Gasteiger partial charge in [0.15, 0.2) is 0 Å². The Morgan fingerprint density at radius 1 is 1.28 bits per heavy atom. The van der Waals surface area contributed by atoms with Crippen molar-refractivity contribution in [3.63, 3.8) is 0 Å². The SMILES string of the molecule is CC(C)(C)OC(=O)NC[C@@H]1CCCN1C1CCC1. The zero-order chi connectivity index (χ0) is 13.2. The van der Waals surface area contributed by atoms with Crippen LogP contribution >= 0.6 is 0 Å². The van der Waals surface area contributed by atoms with E-state index in [9.17, 15) is 4.79 Å². The van der Waals surface area contributed by atoms with Gasteiger partial charge in [0, 0.05) is 18.6 Å². The van der Waals surface area contributed by atoms with E-state index in [1.165, 1.54) is 38.6 Å². The van der Waals surface area contributed by atoms with Gasteiger partial charge in [-0.25, -0.2) is 4.79 Å². The van der Waals surface area contributed by atoms with Crippen molar-refractivity contribution in [1.82, 2.24) is 10.2 Å². The van der Waals surface area contributed by atoms with Crippen LogP contribution in [0.2, 0.25) is 0 Å². The molecule has 1 aliphatic carbocycles. The summed E-state index contributed by atoms with van der Waals surface area (Å²) in [5.74, 6) is 0. The summed E-state index contributed by atoms with van der Waals surface area (Å²) in [6.07, 6.45) is 6.21. The molecule has 2 rings (SSSR count). The van der Waals surface area contributed by atoms with Gasteiger partial charge < -0.3 is 10.1 Å². The Balaban J connectivity index is 1.73. The molecule has 4 nitrogen and oxygen atoms in total. The van der Waals surface area contributed by atoms with Gasteiger partial charge in [-0.2, -0.15) is 0 Å². The Kier molecular flexibility index (Phi) is 4.15. The zero-order valence-electron chi connectivity index (χ0n) is 11.9. The van der Waals surface area contributed by atoms with Crippen LogP contribution in [-0.2, 0) is 4.74 Å². The van der Waals surface area contributed by atoms with E-state index < -0.39 is 5.60 Å². The minimum absolute atomic E-state index is 0.289. The number of carbonyl (C=O) groups excluding carboxylic acids is 1. The monoisotopic (exact) mass is 254 g/mol. The van der Waals surface area contributed by atoms with Crippen LogP contribution in [0.3, 0.4) is 0 Å².